The largest absolute Gasteiger partial charge is 0.359 e. The maximum atomic E-state index is 6.11. The lowest BCUT2D eigenvalue weighted by molar-refractivity contribution is 0.379. The summed E-state index contributed by atoms with van der Waals surface area (Å²) < 4.78 is 6.11. The number of epoxide rings is 1. The van der Waals surface area contributed by atoms with Crippen molar-refractivity contribution in [2.75, 3.05) is 0 Å². The second-order valence-electron chi connectivity index (χ2n) is 6.11. The third-order valence-electron chi connectivity index (χ3n) is 4.75. The summed E-state index contributed by atoms with van der Waals surface area (Å²) in [6, 6.07) is 30.0. The Labute approximate surface area is 135 Å². The summed E-state index contributed by atoms with van der Waals surface area (Å²) in [5.74, 6) is 0. The van der Waals surface area contributed by atoms with Crippen molar-refractivity contribution >= 4 is 21.5 Å². The predicted octanol–water partition coefficient (Wildman–Crippen LogP) is 5.81. The lowest BCUT2D eigenvalue weighted by atomic mass is 9.96. The molecule has 110 valence electrons. The molecule has 1 fully saturated rings. The van der Waals surface area contributed by atoms with E-state index in [1.54, 1.807) is 0 Å². The third kappa shape index (κ3) is 2.05. The van der Waals surface area contributed by atoms with Crippen LogP contribution in [-0.2, 0) is 4.74 Å². The first-order valence-electron chi connectivity index (χ1n) is 8.02. The summed E-state index contributed by atoms with van der Waals surface area (Å²) in [6.07, 6.45) is 0.318. The van der Waals surface area contributed by atoms with Gasteiger partial charge in [0, 0.05) is 0 Å². The third-order valence-corrected chi connectivity index (χ3v) is 4.75. The molecule has 5 rings (SSSR count). The first kappa shape index (κ1) is 12.9. The molecule has 1 saturated heterocycles. The smallest absolute Gasteiger partial charge is 0.114 e. The number of fused-ring (bicyclic) bond motifs is 2. The zero-order valence-corrected chi connectivity index (χ0v) is 12.6. The van der Waals surface area contributed by atoms with Crippen LogP contribution in [0.2, 0.25) is 0 Å². The van der Waals surface area contributed by atoms with Crippen molar-refractivity contribution in [1.82, 2.24) is 0 Å². The molecule has 0 aromatic heterocycles. The van der Waals surface area contributed by atoms with Gasteiger partial charge in [0.15, 0.2) is 0 Å². The van der Waals surface area contributed by atoms with Gasteiger partial charge in [0.25, 0.3) is 0 Å². The minimum Gasteiger partial charge on any atom is -0.359 e. The van der Waals surface area contributed by atoms with Crippen molar-refractivity contribution in [3.05, 3.63) is 96.1 Å². The van der Waals surface area contributed by atoms with E-state index in [1.165, 1.54) is 32.7 Å². The van der Waals surface area contributed by atoms with Crippen LogP contribution in [0.1, 0.15) is 23.3 Å². The molecule has 0 bridgehead atoms. The Balaban J connectivity index is 1.60. The fourth-order valence-electron chi connectivity index (χ4n) is 3.58. The Hall–Kier alpha value is -2.64. The minimum atomic E-state index is 0.159. The molecule has 0 aliphatic carbocycles. The van der Waals surface area contributed by atoms with E-state index in [-0.39, 0.29) is 12.2 Å². The number of hydrogen-bond donors (Lipinski definition) is 0. The molecule has 0 radical (unpaired) electrons. The second-order valence-corrected chi connectivity index (χ2v) is 6.11. The summed E-state index contributed by atoms with van der Waals surface area (Å²) in [6.45, 7) is 0. The fourth-order valence-corrected chi connectivity index (χ4v) is 3.58. The summed E-state index contributed by atoms with van der Waals surface area (Å²) in [5.41, 5.74) is 2.59. The molecule has 4 aromatic rings. The van der Waals surface area contributed by atoms with Crippen LogP contribution in [0.25, 0.3) is 21.5 Å². The molecule has 0 saturated carbocycles. The summed E-state index contributed by atoms with van der Waals surface area (Å²) in [7, 11) is 0. The van der Waals surface area contributed by atoms with Gasteiger partial charge in [-0.3, -0.25) is 0 Å². The lowest BCUT2D eigenvalue weighted by Gasteiger charge is -2.05. The van der Waals surface area contributed by atoms with E-state index in [0.29, 0.717) is 0 Å². The van der Waals surface area contributed by atoms with Crippen molar-refractivity contribution < 1.29 is 4.74 Å². The van der Waals surface area contributed by atoms with Crippen LogP contribution in [0, 0.1) is 0 Å². The van der Waals surface area contributed by atoms with Crippen LogP contribution in [0.5, 0.6) is 0 Å². The average molecular weight is 296 g/mol. The molecule has 0 amide bonds. The van der Waals surface area contributed by atoms with Crippen LogP contribution in [0.3, 0.4) is 0 Å². The molecular weight excluding hydrogens is 280 g/mol. The first-order valence-corrected chi connectivity index (χ1v) is 8.02. The number of ether oxygens (including phenoxy) is 1. The van der Waals surface area contributed by atoms with E-state index in [4.69, 9.17) is 4.74 Å². The Morgan fingerprint density at radius 2 is 0.913 bits per heavy atom. The van der Waals surface area contributed by atoms with Gasteiger partial charge >= 0.3 is 0 Å². The van der Waals surface area contributed by atoms with Gasteiger partial charge in [-0.25, -0.2) is 0 Å². The average Bonchev–Trinajstić information content (AvgIpc) is 3.41. The monoisotopic (exact) mass is 296 g/mol. The summed E-state index contributed by atoms with van der Waals surface area (Å²) in [4.78, 5) is 0. The highest BCUT2D eigenvalue weighted by atomic mass is 16.6. The Morgan fingerprint density at radius 3 is 1.43 bits per heavy atom. The van der Waals surface area contributed by atoms with E-state index in [1.807, 2.05) is 0 Å². The summed E-state index contributed by atoms with van der Waals surface area (Å²) in [5, 5.41) is 5.14. The van der Waals surface area contributed by atoms with Gasteiger partial charge < -0.3 is 4.74 Å². The molecule has 23 heavy (non-hydrogen) atoms. The molecule has 1 heterocycles. The Kier molecular flexibility index (Phi) is 2.76. The highest BCUT2D eigenvalue weighted by Crippen LogP contribution is 2.53. The Bertz CT molecular complexity index is 924. The fraction of sp³-hybridized carbons (Fsp3) is 0.0909. The molecule has 2 atom stereocenters. The second kappa shape index (κ2) is 4.94. The molecule has 1 aliphatic rings. The maximum Gasteiger partial charge on any atom is 0.114 e. The number of rotatable bonds is 2. The van der Waals surface area contributed by atoms with Gasteiger partial charge in [-0.1, -0.05) is 84.9 Å². The van der Waals surface area contributed by atoms with Gasteiger partial charge in [0.2, 0.25) is 0 Å². The zero-order chi connectivity index (χ0) is 15.2. The van der Waals surface area contributed by atoms with E-state index in [0.717, 1.165) is 0 Å². The molecule has 1 heteroatoms. The van der Waals surface area contributed by atoms with Crippen LogP contribution in [-0.4, -0.2) is 0 Å². The van der Waals surface area contributed by atoms with Gasteiger partial charge in [-0.05, 0) is 32.7 Å². The van der Waals surface area contributed by atoms with Crippen molar-refractivity contribution in [1.29, 1.82) is 0 Å². The standard InChI is InChI=1S/C22H16O/c1-3-11-17-15(7-1)9-5-13-19(17)21-22(23-21)20-14-6-10-16-8-2-4-12-18(16)20/h1-14,21-22H. The maximum absolute atomic E-state index is 6.11. The van der Waals surface area contributed by atoms with Crippen molar-refractivity contribution in [2.24, 2.45) is 0 Å². The van der Waals surface area contributed by atoms with Gasteiger partial charge in [0.05, 0.1) is 0 Å². The minimum absolute atomic E-state index is 0.159. The van der Waals surface area contributed by atoms with Crippen LogP contribution in [0.4, 0.5) is 0 Å². The van der Waals surface area contributed by atoms with Crippen LogP contribution >= 0.6 is 0 Å². The van der Waals surface area contributed by atoms with E-state index in [2.05, 4.69) is 84.9 Å². The van der Waals surface area contributed by atoms with Gasteiger partial charge in [-0.2, -0.15) is 0 Å². The highest BCUT2D eigenvalue weighted by Gasteiger charge is 2.42. The molecule has 0 spiro atoms. The Morgan fingerprint density at radius 1 is 0.478 bits per heavy atom. The molecular formula is C22H16O. The molecule has 4 aromatic carbocycles. The normalized spacial score (nSPS) is 20.0. The van der Waals surface area contributed by atoms with E-state index >= 15 is 0 Å². The quantitative estimate of drug-likeness (QED) is 0.425. The molecule has 2 unspecified atom stereocenters. The summed E-state index contributed by atoms with van der Waals surface area (Å²) >= 11 is 0. The van der Waals surface area contributed by atoms with Gasteiger partial charge in [-0.15, -0.1) is 0 Å². The van der Waals surface area contributed by atoms with Gasteiger partial charge in [0.1, 0.15) is 12.2 Å². The molecule has 1 aliphatic heterocycles. The number of benzene rings is 4. The van der Waals surface area contributed by atoms with Crippen molar-refractivity contribution in [3.63, 3.8) is 0 Å². The van der Waals surface area contributed by atoms with Crippen molar-refractivity contribution in [2.45, 2.75) is 12.2 Å². The zero-order valence-electron chi connectivity index (χ0n) is 12.6. The van der Waals surface area contributed by atoms with Crippen molar-refractivity contribution in [3.8, 4) is 0 Å². The van der Waals surface area contributed by atoms with E-state index in [9.17, 15) is 0 Å². The van der Waals surface area contributed by atoms with Crippen LogP contribution in [0.15, 0.2) is 84.9 Å². The molecule has 0 N–H and O–H groups in total. The number of hydrogen-bond acceptors (Lipinski definition) is 1. The molecule has 1 nitrogen and oxygen atoms in total. The first-order chi connectivity index (χ1) is 11.4. The lowest BCUT2D eigenvalue weighted by Crippen LogP contribution is -1.88. The highest BCUT2D eigenvalue weighted by molar-refractivity contribution is 5.88. The van der Waals surface area contributed by atoms with E-state index < -0.39 is 0 Å². The van der Waals surface area contributed by atoms with Crippen LogP contribution < -0.4 is 0 Å². The SMILES string of the molecule is c1ccc2c(C3OC3c3cccc4ccccc34)cccc2c1. The predicted molar refractivity (Wildman–Crippen MR) is 94.5 cm³/mol. The topological polar surface area (TPSA) is 12.5 Å².